The van der Waals surface area contributed by atoms with Gasteiger partial charge in [0.05, 0.1) is 8.66 Å². The summed E-state index contributed by atoms with van der Waals surface area (Å²) in [5.74, 6) is 0. The number of hydrogen-bond acceptors (Lipinski definition) is 4. The number of rotatable bonds is 12. The van der Waals surface area contributed by atoms with Crippen LogP contribution in [0.15, 0.2) is 94.1 Å². The maximum Gasteiger partial charge on any atom is 0.325 e. The van der Waals surface area contributed by atoms with Gasteiger partial charge in [0.15, 0.2) is 0 Å². The highest BCUT2D eigenvalue weighted by atomic mass is 79.9. The van der Waals surface area contributed by atoms with Crippen LogP contribution in [0.25, 0.3) is 20.9 Å². The molecule has 228 valence electrons. The Balaban J connectivity index is 1.42. The molecule has 45 heavy (non-hydrogen) atoms. The van der Waals surface area contributed by atoms with Gasteiger partial charge in [0, 0.05) is 34.9 Å². The van der Waals surface area contributed by atoms with Gasteiger partial charge < -0.3 is 9.62 Å². The minimum absolute atomic E-state index is 0.201. The molecule has 7 rings (SSSR count). The number of nitrogens with zero attached hydrogens (tertiary/aromatic N) is 2. The van der Waals surface area contributed by atoms with Crippen molar-refractivity contribution in [2.75, 3.05) is 22.7 Å². The molecule has 4 heterocycles. The Morgan fingerprint density at radius 2 is 1.20 bits per heavy atom. The van der Waals surface area contributed by atoms with Crippen LogP contribution in [0.1, 0.15) is 65.2 Å². The van der Waals surface area contributed by atoms with Gasteiger partial charge in [-0.05, 0) is 68.8 Å². The zero-order valence-corrected chi connectivity index (χ0v) is 29.7. The van der Waals surface area contributed by atoms with Crippen LogP contribution in [-0.2, 0) is 0 Å². The molecule has 7 heteroatoms. The second kappa shape index (κ2) is 13.9. The van der Waals surface area contributed by atoms with Gasteiger partial charge in [0.2, 0.25) is 0 Å². The van der Waals surface area contributed by atoms with E-state index in [1.165, 1.54) is 109 Å². The Morgan fingerprint density at radius 3 is 1.82 bits per heavy atom. The molecule has 0 bridgehead atoms. The highest BCUT2D eigenvalue weighted by molar-refractivity contribution is 9.11. The minimum Gasteiger partial charge on any atom is -0.406 e. The summed E-state index contributed by atoms with van der Waals surface area (Å²) in [7, 11) is 0. The molecule has 2 aliphatic heterocycles. The molecule has 0 unspecified atom stereocenters. The van der Waals surface area contributed by atoms with E-state index in [1.807, 2.05) is 22.7 Å². The van der Waals surface area contributed by atoms with Crippen LogP contribution in [0.3, 0.4) is 0 Å². The number of anilines is 2. The highest BCUT2D eigenvalue weighted by Gasteiger charge is 2.42. The predicted molar refractivity (Wildman–Crippen MR) is 207 cm³/mol. The number of hydrogen-bond donors (Lipinski definition) is 0. The first kappa shape index (κ1) is 30.9. The second-order valence-corrected chi connectivity index (χ2v) is 15.9. The molecule has 2 nitrogen and oxygen atoms in total. The standard InChI is InChI=1S/C38H41B2BrN2S2/c1-3-5-7-15-22-42-34-21-24-44-38(34)30-26-35-31(25-32(30)39(42)28-17-11-9-12-18-28)37-33(27-36(41)45-37)40(29-19-13-10-14-20-29)43(35)23-16-8-6-4-2/h9-14,17-21,24-27H,3-8,15-16,22-23H2,1-2H3. The van der Waals surface area contributed by atoms with Crippen LogP contribution in [-0.4, -0.2) is 26.8 Å². The van der Waals surface area contributed by atoms with Gasteiger partial charge in [0.25, 0.3) is 0 Å². The second-order valence-electron chi connectivity index (χ2n) is 12.6. The molecule has 0 radical (unpaired) electrons. The average molecular weight is 691 g/mol. The molecule has 0 aliphatic carbocycles. The van der Waals surface area contributed by atoms with Crippen molar-refractivity contribution in [3.05, 3.63) is 94.1 Å². The summed E-state index contributed by atoms with van der Waals surface area (Å²) in [4.78, 5) is 8.30. The summed E-state index contributed by atoms with van der Waals surface area (Å²) < 4.78 is 1.21. The minimum atomic E-state index is 0.201. The SMILES string of the molecule is CCCCCCN1B(c2ccccc2)c2cc(Br)sc2-c2cc3c(cc21)-c1sccc1N(CCCCCC)B3c1ccccc1. The number of unbranched alkanes of at least 4 members (excludes halogenated alkanes) is 6. The Hall–Kier alpha value is -2.73. The van der Waals surface area contributed by atoms with Crippen LogP contribution in [0, 0.1) is 0 Å². The fraction of sp³-hybridized carbons (Fsp3) is 0.316. The van der Waals surface area contributed by atoms with Crippen LogP contribution in [0.2, 0.25) is 0 Å². The molecule has 5 aromatic rings. The lowest BCUT2D eigenvalue weighted by atomic mass is 9.44. The molecule has 0 spiro atoms. The summed E-state index contributed by atoms with van der Waals surface area (Å²) in [6.45, 7) is 7.15. The summed E-state index contributed by atoms with van der Waals surface area (Å²) in [6, 6.07) is 32.4. The predicted octanol–water partition coefficient (Wildman–Crippen LogP) is 8.92. The normalized spacial score (nSPS) is 13.5. The smallest absolute Gasteiger partial charge is 0.325 e. The lowest BCUT2D eigenvalue weighted by molar-refractivity contribution is 0.673. The molecule has 3 aromatic carbocycles. The largest absolute Gasteiger partial charge is 0.406 e. The molecule has 0 amide bonds. The van der Waals surface area contributed by atoms with Crippen molar-refractivity contribution in [1.29, 1.82) is 0 Å². The number of fused-ring (bicyclic) bond motifs is 6. The van der Waals surface area contributed by atoms with E-state index in [0.717, 1.165) is 13.1 Å². The monoisotopic (exact) mass is 690 g/mol. The van der Waals surface area contributed by atoms with Gasteiger partial charge >= 0.3 is 13.7 Å². The van der Waals surface area contributed by atoms with Crippen molar-refractivity contribution in [2.24, 2.45) is 0 Å². The lowest BCUT2D eigenvalue weighted by Gasteiger charge is -2.41. The van der Waals surface area contributed by atoms with E-state index in [2.05, 4.69) is 130 Å². The van der Waals surface area contributed by atoms with Crippen LogP contribution in [0.4, 0.5) is 11.4 Å². The Bertz CT molecular complexity index is 1740. The van der Waals surface area contributed by atoms with Crippen LogP contribution < -0.4 is 31.5 Å². The van der Waals surface area contributed by atoms with E-state index < -0.39 is 0 Å². The van der Waals surface area contributed by atoms with E-state index >= 15 is 0 Å². The van der Waals surface area contributed by atoms with Crippen molar-refractivity contribution >= 4 is 85.5 Å². The van der Waals surface area contributed by atoms with Gasteiger partial charge in [-0.3, -0.25) is 0 Å². The zero-order valence-electron chi connectivity index (χ0n) is 26.5. The van der Waals surface area contributed by atoms with Crippen LogP contribution in [0.5, 0.6) is 0 Å². The van der Waals surface area contributed by atoms with Crippen LogP contribution >= 0.6 is 38.6 Å². The van der Waals surface area contributed by atoms with Gasteiger partial charge in [-0.2, -0.15) is 0 Å². The van der Waals surface area contributed by atoms with Crippen molar-refractivity contribution in [2.45, 2.75) is 65.2 Å². The Kier molecular flexibility index (Phi) is 9.58. The van der Waals surface area contributed by atoms with Crippen molar-refractivity contribution in [3.8, 4) is 20.9 Å². The third kappa shape index (κ3) is 5.97. The maximum absolute atomic E-state index is 3.92. The van der Waals surface area contributed by atoms with Gasteiger partial charge in [-0.25, -0.2) is 0 Å². The quantitative estimate of drug-likeness (QED) is 0.0953. The topological polar surface area (TPSA) is 6.48 Å². The maximum atomic E-state index is 3.92. The number of thiophene rings is 2. The summed E-state index contributed by atoms with van der Waals surface area (Å²) >= 11 is 7.73. The van der Waals surface area contributed by atoms with E-state index in [0.29, 0.717) is 0 Å². The molecule has 0 fully saturated rings. The first-order chi connectivity index (χ1) is 22.2. The van der Waals surface area contributed by atoms with E-state index in [9.17, 15) is 0 Å². The number of halogens is 1. The lowest BCUT2D eigenvalue weighted by Crippen LogP contribution is -2.61. The van der Waals surface area contributed by atoms with Crippen molar-refractivity contribution in [1.82, 2.24) is 0 Å². The molecule has 0 saturated heterocycles. The molecular weight excluding hydrogens is 650 g/mol. The van der Waals surface area contributed by atoms with E-state index in [-0.39, 0.29) is 13.7 Å². The Labute approximate surface area is 286 Å². The molecule has 0 saturated carbocycles. The van der Waals surface area contributed by atoms with Crippen molar-refractivity contribution < 1.29 is 0 Å². The van der Waals surface area contributed by atoms with Gasteiger partial charge in [-0.15, -0.1) is 22.7 Å². The first-order valence-electron chi connectivity index (χ1n) is 16.9. The summed E-state index contributed by atoms with van der Waals surface area (Å²) in [6.07, 6.45) is 10.1. The fourth-order valence-electron chi connectivity index (χ4n) is 7.49. The van der Waals surface area contributed by atoms with Crippen molar-refractivity contribution in [3.63, 3.8) is 0 Å². The van der Waals surface area contributed by atoms with Gasteiger partial charge in [0.1, 0.15) is 0 Å². The van der Waals surface area contributed by atoms with E-state index in [1.54, 1.807) is 0 Å². The summed E-state index contributed by atoms with van der Waals surface area (Å²) in [5.41, 5.74) is 11.3. The molecule has 2 aromatic heterocycles. The molecule has 0 atom stereocenters. The van der Waals surface area contributed by atoms with E-state index in [4.69, 9.17) is 0 Å². The third-order valence-electron chi connectivity index (χ3n) is 9.60. The molecule has 2 aliphatic rings. The summed E-state index contributed by atoms with van der Waals surface area (Å²) in [5, 5.41) is 2.31. The Morgan fingerprint density at radius 1 is 0.600 bits per heavy atom. The first-order valence-corrected chi connectivity index (χ1v) is 19.4. The van der Waals surface area contributed by atoms with Gasteiger partial charge in [-0.1, -0.05) is 130 Å². The molecular formula is C38H41B2BrN2S2. The third-order valence-corrected chi connectivity index (χ3v) is 12.2. The fourth-order valence-corrected chi connectivity index (χ4v) is 10.1. The average Bonchev–Trinajstić information content (AvgIpc) is 3.72. The highest BCUT2D eigenvalue weighted by Crippen LogP contribution is 2.46. The zero-order chi connectivity index (χ0) is 30.8. The number of benzene rings is 3. The molecule has 0 N–H and O–H groups in total.